The molecule has 1 atom stereocenters. The van der Waals surface area contributed by atoms with Crippen molar-refractivity contribution >= 4 is 17.6 Å². The summed E-state index contributed by atoms with van der Waals surface area (Å²) in [6, 6.07) is 6.13. The quantitative estimate of drug-likeness (QED) is 0.436. The van der Waals surface area contributed by atoms with E-state index in [2.05, 4.69) is 4.40 Å². The van der Waals surface area contributed by atoms with Crippen LogP contribution in [0.4, 0.5) is 26.3 Å². The van der Waals surface area contributed by atoms with E-state index in [0.29, 0.717) is 6.21 Å². The van der Waals surface area contributed by atoms with Gasteiger partial charge in [0.05, 0.1) is 19.1 Å². The lowest BCUT2D eigenvalue weighted by Crippen LogP contribution is -2.22. The Morgan fingerprint density at radius 2 is 1.50 bits per heavy atom. The molecular weight excluding hydrogens is 332 g/mol. The second-order valence-electron chi connectivity index (χ2n) is 4.72. The average Bonchev–Trinajstić information content (AvgIpc) is 2.32. The van der Waals surface area contributed by atoms with E-state index in [4.69, 9.17) is 0 Å². The Balaban J connectivity index is 2.80. The lowest BCUT2D eigenvalue weighted by molar-refractivity contribution is -0.164. The van der Waals surface area contributed by atoms with E-state index in [1.165, 1.54) is 12.1 Å². The third kappa shape index (κ3) is 7.69. The molecule has 0 N–H and O–H groups in total. The summed E-state index contributed by atoms with van der Waals surface area (Å²) < 4.78 is 88.7. The number of rotatable bonds is 5. The van der Waals surface area contributed by atoms with E-state index >= 15 is 0 Å². The van der Waals surface area contributed by atoms with Crippen LogP contribution in [0, 0.1) is 12.8 Å². The number of nitrogens with zero attached hydrogens (tertiary/aromatic N) is 1. The van der Waals surface area contributed by atoms with Gasteiger partial charge in [-0.1, -0.05) is 22.1 Å². The van der Waals surface area contributed by atoms with Gasteiger partial charge in [-0.15, -0.1) is 0 Å². The van der Waals surface area contributed by atoms with Crippen molar-refractivity contribution in [2.24, 2.45) is 10.3 Å². The maximum absolute atomic E-state index is 12.3. The van der Waals surface area contributed by atoms with E-state index in [0.717, 1.165) is 5.56 Å². The molecule has 0 saturated carbocycles. The van der Waals surface area contributed by atoms with Crippen LogP contribution in [-0.2, 0) is 11.4 Å². The van der Waals surface area contributed by atoms with Gasteiger partial charge in [-0.3, -0.25) is 0 Å². The van der Waals surface area contributed by atoms with Crippen LogP contribution in [0.2, 0.25) is 0 Å². The van der Waals surface area contributed by atoms with Crippen LogP contribution in [-0.4, -0.2) is 23.1 Å². The second kappa shape index (κ2) is 7.36. The molecule has 0 saturated heterocycles. The maximum Gasteiger partial charge on any atom is 0.389 e. The third-order valence-corrected chi connectivity index (χ3v) is 3.57. The molecule has 9 heteroatoms. The van der Waals surface area contributed by atoms with Crippen LogP contribution >= 0.6 is 0 Å². The molecule has 0 aromatic heterocycles. The second-order valence-corrected chi connectivity index (χ2v) is 5.90. The van der Waals surface area contributed by atoms with Gasteiger partial charge in [-0.25, -0.2) is 0 Å². The summed E-state index contributed by atoms with van der Waals surface area (Å²) in [5.74, 6) is -1.89. The zero-order valence-corrected chi connectivity index (χ0v) is 12.2. The molecule has 0 fully saturated rings. The van der Waals surface area contributed by atoms with Gasteiger partial charge >= 0.3 is 12.4 Å². The van der Waals surface area contributed by atoms with Crippen molar-refractivity contribution in [3.63, 3.8) is 0 Å². The molecule has 0 amide bonds. The third-order valence-electron chi connectivity index (χ3n) is 2.58. The molecule has 1 aromatic carbocycles. The standard InChI is InChI=1S/C13H13F6NOS/c1-9-2-4-11(5-3-9)22(21)20-8-10(6-12(14,15)16)7-13(17,18)19/h2-5,8,10H,6-7H2,1H3/b20-8+. The summed E-state index contributed by atoms with van der Waals surface area (Å²) in [6.07, 6.45) is -12.4. The minimum Gasteiger partial charge on any atom is -0.586 e. The average molecular weight is 345 g/mol. The Morgan fingerprint density at radius 3 is 1.91 bits per heavy atom. The van der Waals surface area contributed by atoms with E-state index in [-0.39, 0.29) is 4.90 Å². The summed E-state index contributed by atoms with van der Waals surface area (Å²) in [5, 5.41) is 0. The zero-order chi connectivity index (χ0) is 17.0. The Morgan fingerprint density at radius 1 is 1.05 bits per heavy atom. The van der Waals surface area contributed by atoms with Gasteiger partial charge in [0.25, 0.3) is 0 Å². The zero-order valence-electron chi connectivity index (χ0n) is 11.4. The molecule has 1 rings (SSSR count). The molecule has 1 aromatic rings. The van der Waals surface area contributed by atoms with E-state index < -0.39 is 42.5 Å². The Bertz CT molecular complexity index is 481. The van der Waals surface area contributed by atoms with Gasteiger partial charge in [0.2, 0.25) is 0 Å². The summed E-state index contributed by atoms with van der Waals surface area (Å²) >= 11 is -2.03. The van der Waals surface area contributed by atoms with Gasteiger partial charge in [0, 0.05) is 5.92 Å². The van der Waals surface area contributed by atoms with Gasteiger partial charge in [-0.2, -0.15) is 26.3 Å². The Labute approximate surface area is 126 Å². The highest BCUT2D eigenvalue weighted by atomic mass is 32.2. The van der Waals surface area contributed by atoms with Crippen LogP contribution in [0.25, 0.3) is 0 Å². The fourth-order valence-electron chi connectivity index (χ4n) is 1.63. The van der Waals surface area contributed by atoms with Gasteiger partial charge < -0.3 is 4.55 Å². The van der Waals surface area contributed by atoms with Crippen LogP contribution in [0.15, 0.2) is 33.6 Å². The van der Waals surface area contributed by atoms with Crippen molar-refractivity contribution in [3.05, 3.63) is 29.8 Å². The molecule has 0 spiro atoms. The molecule has 0 bridgehead atoms. The van der Waals surface area contributed by atoms with Crippen LogP contribution in [0.1, 0.15) is 18.4 Å². The number of benzene rings is 1. The summed E-state index contributed by atoms with van der Waals surface area (Å²) in [5.41, 5.74) is 0.872. The number of hydrogen-bond donors (Lipinski definition) is 0. The Kier molecular flexibility index (Phi) is 6.30. The molecule has 0 heterocycles. The topological polar surface area (TPSA) is 35.4 Å². The monoisotopic (exact) mass is 345 g/mol. The molecular formula is C13H13F6NOS. The van der Waals surface area contributed by atoms with Crippen LogP contribution < -0.4 is 0 Å². The molecule has 0 radical (unpaired) electrons. The molecule has 0 aliphatic carbocycles. The predicted octanol–water partition coefficient (Wildman–Crippen LogP) is 4.61. The SMILES string of the molecule is Cc1ccc([S+]([O-])/N=C/C(CC(F)(F)F)CC(F)(F)F)cc1. The normalized spacial score (nSPS) is 14.8. The smallest absolute Gasteiger partial charge is 0.389 e. The minimum atomic E-state index is -4.76. The van der Waals surface area contributed by atoms with Crippen LogP contribution in [0.3, 0.4) is 0 Å². The van der Waals surface area contributed by atoms with Crippen molar-refractivity contribution in [2.75, 3.05) is 0 Å². The summed E-state index contributed by atoms with van der Waals surface area (Å²) in [4.78, 5) is 0.208. The van der Waals surface area contributed by atoms with Gasteiger partial charge in [0.1, 0.15) is 11.4 Å². The van der Waals surface area contributed by atoms with Crippen LogP contribution in [0.5, 0.6) is 0 Å². The lowest BCUT2D eigenvalue weighted by Gasteiger charge is -2.16. The number of hydrogen-bond acceptors (Lipinski definition) is 2. The Hall–Kier alpha value is -1.22. The van der Waals surface area contributed by atoms with Crippen molar-refractivity contribution in [2.45, 2.75) is 37.0 Å². The van der Waals surface area contributed by atoms with Gasteiger partial charge in [-0.05, 0) is 19.1 Å². The minimum absolute atomic E-state index is 0.208. The first-order chi connectivity index (χ1) is 9.96. The summed E-state index contributed by atoms with van der Waals surface area (Å²) in [7, 11) is 0. The fraction of sp³-hybridized carbons (Fsp3) is 0.462. The van der Waals surface area contributed by atoms with Crippen molar-refractivity contribution in [3.8, 4) is 0 Å². The highest BCUT2D eigenvalue weighted by Gasteiger charge is 2.38. The first kappa shape index (κ1) is 18.8. The number of aryl methyl sites for hydroxylation is 1. The molecule has 1 unspecified atom stereocenters. The first-order valence-corrected chi connectivity index (χ1v) is 7.23. The summed E-state index contributed by atoms with van der Waals surface area (Å²) in [6.45, 7) is 1.78. The fourth-order valence-corrected chi connectivity index (χ4v) is 2.40. The van der Waals surface area contributed by atoms with Gasteiger partial charge in [0.15, 0.2) is 4.90 Å². The number of halogens is 6. The molecule has 0 aliphatic rings. The van der Waals surface area contributed by atoms with Crippen molar-refractivity contribution in [1.29, 1.82) is 0 Å². The largest absolute Gasteiger partial charge is 0.586 e. The van der Waals surface area contributed by atoms with Crippen molar-refractivity contribution < 1.29 is 30.9 Å². The highest BCUT2D eigenvalue weighted by molar-refractivity contribution is 7.90. The molecule has 2 nitrogen and oxygen atoms in total. The predicted molar refractivity (Wildman–Crippen MR) is 70.9 cm³/mol. The number of alkyl halides is 6. The molecule has 0 aliphatic heterocycles. The van der Waals surface area contributed by atoms with E-state index in [9.17, 15) is 30.9 Å². The first-order valence-electron chi connectivity index (χ1n) is 6.12. The molecule has 124 valence electrons. The van der Waals surface area contributed by atoms with Crippen molar-refractivity contribution in [1.82, 2.24) is 0 Å². The van der Waals surface area contributed by atoms with E-state index in [1.807, 2.05) is 0 Å². The molecule has 22 heavy (non-hydrogen) atoms. The van der Waals surface area contributed by atoms with E-state index in [1.54, 1.807) is 19.1 Å². The highest BCUT2D eigenvalue weighted by Crippen LogP contribution is 2.32. The maximum atomic E-state index is 12.3. The lowest BCUT2D eigenvalue weighted by atomic mass is 10.0.